The third kappa shape index (κ3) is 5.25. The van der Waals surface area contributed by atoms with Crippen LogP contribution < -0.4 is 10.6 Å². The van der Waals surface area contributed by atoms with Gasteiger partial charge in [-0.15, -0.1) is 11.3 Å². The Kier molecular flexibility index (Phi) is 6.87. The summed E-state index contributed by atoms with van der Waals surface area (Å²) in [7, 11) is 1.30. The van der Waals surface area contributed by atoms with Gasteiger partial charge < -0.3 is 15.4 Å². The molecule has 154 valence electrons. The monoisotopic (exact) mass is 442 g/mol. The Bertz CT molecular complexity index is 1080. The normalized spacial score (nSPS) is 10.4. The third-order valence-electron chi connectivity index (χ3n) is 4.23. The van der Waals surface area contributed by atoms with Crippen molar-refractivity contribution in [3.05, 3.63) is 70.1 Å². The second kappa shape index (κ2) is 9.56. The van der Waals surface area contributed by atoms with E-state index >= 15 is 0 Å². The molecule has 1 heterocycles. The quantitative estimate of drug-likeness (QED) is 0.526. The van der Waals surface area contributed by atoms with Crippen LogP contribution in [0.1, 0.15) is 22.8 Å². The van der Waals surface area contributed by atoms with Gasteiger partial charge in [0, 0.05) is 28.6 Å². The molecule has 0 aliphatic rings. The minimum absolute atomic E-state index is 0.120. The van der Waals surface area contributed by atoms with Gasteiger partial charge in [-0.2, -0.15) is 0 Å². The number of amides is 2. The molecule has 0 bridgehead atoms. The topological polar surface area (TPSA) is 84.5 Å². The Balaban J connectivity index is 1.78. The second-order valence-electron chi connectivity index (χ2n) is 6.46. The lowest BCUT2D eigenvalue weighted by molar-refractivity contribution is -0.116. The molecule has 8 heteroatoms. The van der Waals surface area contributed by atoms with Crippen molar-refractivity contribution in [1.82, 2.24) is 0 Å². The highest BCUT2D eigenvalue weighted by Gasteiger charge is 2.22. The number of nitrogens with one attached hydrogen (secondary N) is 2. The molecule has 0 radical (unpaired) electrons. The number of esters is 1. The van der Waals surface area contributed by atoms with Crippen molar-refractivity contribution in [3.8, 4) is 11.1 Å². The predicted octanol–water partition coefficient (Wildman–Crippen LogP) is 4.99. The van der Waals surface area contributed by atoms with Gasteiger partial charge in [-0.3, -0.25) is 9.59 Å². The predicted molar refractivity (Wildman–Crippen MR) is 119 cm³/mol. The summed E-state index contributed by atoms with van der Waals surface area (Å²) in [5.74, 6) is -0.960. The molecule has 0 aliphatic heterocycles. The molecule has 0 atom stereocenters. The molecule has 2 aromatic carbocycles. The number of ether oxygens (including phenoxy) is 1. The maximum atomic E-state index is 12.6. The summed E-state index contributed by atoms with van der Waals surface area (Å²) in [6.07, 6.45) is 0.120. The molecule has 3 aromatic rings. The maximum absolute atomic E-state index is 12.6. The standard InChI is InChI=1S/C22H19ClN2O4S/c1-13(26)24-17-9-3-14(4-10-17)11-19(27)25-21-20(22(28)29-2)18(12-30-21)15-5-7-16(23)8-6-15/h3-10,12H,11H2,1-2H3,(H,24,26)(H,25,27). The number of carbonyl (C=O) groups excluding carboxylic acids is 3. The zero-order chi connectivity index (χ0) is 21.7. The molecule has 30 heavy (non-hydrogen) atoms. The number of thiophene rings is 1. The molecule has 0 spiro atoms. The summed E-state index contributed by atoms with van der Waals surface area (Å²) in [6, 6.07) is 14.1. The van der Waals surface area contributed by atoms with Crippen molar-refractivity contribution in [2.24, 2.45) is 0 Å². The fourth-order valence-electron chi connectivity index (χ4n) is 2.86. The fraction of sp³-hybridized carbons (Fsp3) is 0.136. The van der Waals surface area contributed by atoms with Crippen LogP contribution in [0.5, 0.6) is 0 Å². The first-order chi connectivity index (χ1) is 14.4. The van der Waals surface area contributed by atoms with Gasteiger partial charge in [-0.05, 0) is 35.4 Å². The minimum atomic E-state index is -0.531. The second-order valence-corrected chi connectivity index (χ2v) is 7.77. The first-order valence-electron chi connectivity index (χ1n) is 8.99. The zero-order valence-corrected chi connectivity index (χ0v) is 17.9. The van der Waals surface area contributed by atoms with Crippen molar-refractivity contribution < 1.29 is 19.1 Å². The Morgan fingerprint density at radius 1 is 1.00 bits per heavy atom. The number of methoxy groups -OCH3 is 1. The van der Waals surface area contributed by atoms with Gasteiger partial charge in [0.15, 0.2) is 0 Å². The van der Waals surface area contributed by atoms with Crippen molar-refractivity contribution in [2.45, 2.75) is 13.3 Å². The van der Waals surface area contributed by atoms with Crippen LogP contribution in [0.2, 0.25) is 5.02 Å². The van der Waals surface area contributed by atoms with Crippen molar-refractivity contribution >= 4 is 51.4 Å². The number of hydrogen-bond acceptors (Lipinski definition) is 5. The first-order valence-corrected chi connectivity index (χ1v) is 10.2. The number of rotatable bonds is 6. The average molecular weight is 443 g/mol. The molecule has 0 saturated heterocycles. The van der Waals surface area contributed by atoms with E-state index in [4.69, 9.17) is 16.3 Å². The van der Waals surface area contributed by atoms with Crippen LogP contribution in [0.15, 0.2) is 53.9 Å². The van der Waals surface area contributed by atoms with Gasteiger partial charge in [0.05, 0.1) is 13.5 Å². The molecule has 0 saturated carbocycles. The molecule has 0 fully saturated rings. The molecular formula is C22H19ClN2O4S. The first kappa shape index (κ1) is 21.5. The highest BCUT2D eigenvalue weighted by molar-refractivity contribution is 7.15. The molecule has 0 aliphatic carbocycles. The van der Waals surface area contributed by atoms with E-state index in [-0.39, 0.29) is 18.2 Å². The number of carbonyl (C=O) groups is 3. The number of benzene rings is 2. The van der Waals surface area contributed by atoms with Crippen LogP contribution in [0, 0.1) is 0 Å². The van der Waals surface area contributed by atoms with Crippen LogP contribution >= 0.6 is 22.9 Å². The molecule has 2 amide bonds. The maximum Gasteiger partial charge on any atom is 0.341 e. The average Bonchev–Trinajstić information content (AvgIpc) is 3.12. The third-order valence-corrected chi connectivity index (χ3v) is 5.38. The summed E-state index contributed by atoms with van der Waals surface area (Å²) in [5.41, 5.74) is 3.20. The Morgan fingerprint density at radius 2 is 1.67 bits per heavy atom. The van der Waals surface area contributed by atoms with Gasteiger partial charge in [0.2, 0.25) is 11.8 Å². The van der Waals surface area contributed by atoms with E-state index in [0.29, 0.717) is 26.8 Å². The van der Waals surface area contributed by atoms with Crippen molar-refractivity contribution in [1.29, 1.82) is 0 Å². The molecule has 3 rings (SSSR count). The summed E-state index contributed by atoms with van der Waals surface area (Å²) < 4.78 is 4.92. The molecule has 2 N–H and O–H groups in total. The molecule has 0 unspecified atom stereocenters. The van der Waals surface area contributed by atoms with Gasteiger partial charge >= 0.3 is 5.97 Å². The van der Waals surface area contributed by atoms with E-state index in [0.717, 1.165) is 11.1 Å². The Morgan fingerprint density at radius 3 is 2.27 bits per heavy atom. The lowest BCUT2D eigenvalue weighted by Crippen LogP contribution is -2.16. The highest BCUT2D eigenvalue weighted by atomic mass is 35.5. The van der Waals surface area contributed by atoms with Crippen LogP contribution in [0.3, 0.4) is 0 Å². The van der Waals surface area contributed by atoms with E-state index in [2.05, 4.69) is 10.6 Å². The summed E-state index contributed by atoms with van der Waals surface area (Å²) in [5, 5.41) is 8.29. The smallest absolute Gasteiger partial charge is 0.341 e. The van der Waals surface area contributed by atoms with Crippen molar-refractivity contribution in [3.63, 3.8) is 0 Å². The van der Waals surface area contributed by atoms with E-state index < -0.39 is 5.97 Å². The SMILES string of the molecule is COC(=O)c1c(-c2ccc(Cl)cc2)csc1NC(=O)Cc1ccc(NC(C)=O)cc1. The minimum Gasteiger partial charge on any atom is -0.465 e. The van der Waals surface area contributed by atoms with E-state index in [1.54, 1.807) is 53.9 Å². The van der Waals surface area contributed by atoms with Crippen molar-refractivity contribution in [2.75, 3.05) is 17.7 Å². The number of halogens is 1. The molecule has 1 aromatic heterocycles. The number of anilines is 2. The highest BCUT2D eigenvalue weighted by Crippen LogP contribution is 2.36. The summed E-state index contributed by atoms with van der Waals surface area (Å²) in [4.78, 5) is 36.0. The lowest BCUT2D eigenvalue weighted by Gasteiger charge is -2.08. The number of hydrogen-bond donors (Lipinski definition) is 2. The Hall–Kier alpha value is -3.16. The van der Waals surface area contributed by atoms with Gasteiger partial charge in [0.25, 0.3) is 0 Å². The van der Waals surface area contributed by atoms with E-state index in [1.165, 1.54) is 25.4 Å². The molecular weight excluding hydrogens is 424 g/mol. The zero-order valence-electron chi connectivity index (χ0n) is 16.3. The van der Waals surface area contributed by atoms with Gasteiger partial charge in [-0.1, -0.05) is 35.9 Å². The lowest BCUT2D eigenvalue weighted by atomic mass is 10.0. The van der Waals surface area contributed by atoms with Crippen LogP contribution in [0.4, 0.5) is 10.7 Å². The largest absolute Gasteiger partial charge is 0.465 e. The van der Waals surface area contributed by atoms with Crippen LogP contribution in [-0.4, -0.2) is 24.9 Å². The van der Waals surface area contributed by atoms with Gasteiger partial charge in [-0.25, -0.2) is 4.79 Å². The van der Waals surface area contributed by atoms with Crippen LogP contribution in [-0.2, 0) is 20.7 Å². The Labute approximate surface area is 182 Å². The fourth-order valence-corrected chi connectivity index (χ4v) is 3.96. The summed E-state index contributed by atoms with van der Waals surface area (Å²) >= 11 is 7.20. The van der Waals surface area contributed by atoms with E-state index in [1.807, 2.05) is 0 Å². The van der Waals surface area contributed by atoms with Gasteiger partial charge in [0.1, 0.15) is 10.6 Å². The van der Waals surface area contributed by atoms with Crippen LogP contribution in [0.25, 0.3) is 11.1 Å². The molecule has 6 nitrogen and oxygen atoms in total. The van der Waals surface area contributed by atoms with E-state index in [9.17, 15) is 14.4 Å². The summed E-state index contributed by atoms with van der Waals surface area (Å²) in [6.45, 7) is 1.43.